The summed E-state index contributed by atoms with van der Waals surface area (Å²) in [5.41, 5.74) is 9.10. The molecule has 1 aliphatic heterocycles. The molecule has 4 atom stereocenters. The Morgan fingerprint density at radius 2 is 1.81 bits per heavy atom. The van der Waals surface area contributed by atoms with Gasteiger partial charge in [-0.3, -0.25) is 9.59 Å². The quantitative estimate of drug-likeness (QED) is 0.247. The Kier molecular flexibility index (Phi) is 6.54. The van der Waals surface area contributed by atoms with Crippen LogP contribution in [0, 0.1) is 0 Å². The van der Waals surface area contributed by atoms with Crippen molar-refractivity contribution in [3.05, 3.63) is 46.3 Å². The molecule has 0 bridgehead atoms. The van der Waals surface area contributed by atoms with Crippen molar-refractivity contribution in [2.45, 2.75) is 38.4 Å². The summed E-state index contributed by atoms with van der Waals surface area (Å²) in [5, 5.41) is 3.54. The number of rotatable bonds is 6. The van der Waals surface area contributed by atoms with E-state index >= 15 is 0 Å². The number of carbonyl (C=O) groups is 3. The van der Waals surface area contributed by atoms with Gasteiger partial charge in [0.25, 0.3) is 0 Å². The first-order valence-electron chi connectivity index (χ1n) is 7.68. The maximum atomic E-state index is 12.0. The molecule has 1 aromatic carbocycles. The maximum Gasteiger partial charge on any atom is 0.338 e. The molecule has 0 saturated carbocycles. The Bertz CT molecular complexity index is 718. The van der Waals surface area contributed by atoms with Crippen LogP contribution in [0.3, 0.4) is 0 Å². The molecular weight excluding hydrogens is 346 g/mol. The lowest BCUT2D eigenvalue weighted by Crippen LogP contribution is -2.38. The van der Waals surface area contributed by atoms with Gasteiger partial charge in [0.05, 0.1) is 5.56 Å². The number of nitrogens with zero attached hydrogens (tertiary/aromatic N) is 3. The molecule has 4 unspecified atom stereocenters. The Labute approximate surface area is 148 Å². The van der Waals surface area contributed by atoms with Crippen LogP contribution in [0.2, 0.25) is 0 Å². The van der Waals surface area contributed by atoms with Crippen LogP contribution in [-0.2, 0) is 28.5 Å². The molecule has 0 radical (unpaired) electrons. The minimum absolute atomic E-state index is 0.285. The predicted octanol–water partition coefficient (Wildman–Crippen LogP) is 1.74. The fraction of sp³-hybridized carbons (Fsp3) is 0.438. The van der Waals surface area contributed by atoms with Crippen LogP contribution in [0.4, 0.5) is 0 Å². The number of ether oxygens (including phenoxy) is 4. The van der Waals surface area contributed by atoms with Gasteiger partial charge in [0.1, 0.15) is 18.8 Å². The number of hydrogen-bond acceptors (Lipinski definition) is 8. The number of benzene rings is 1. The standard InChI is InChI=1S/C16H17N3O7/c1-9(20)24-14-13(18-19-17)12(26-16(14)25-10(2)21)8-23-15(22)11-6-4-3-5-7-11/h3-7,12-14,16H,8H2,1-2H3. The zero-order valence-corrected chi connectivity index (χ0v) is 14.1. The summed E-state index contributed by atoms with van der Waals surface area (Å²) in [5.74, 6) is -1.95. The molecule has 1 heterocycles. The molecule has 0 aliphatic carbocycles. The van der Waals surface area contributed by atoms with Crippen molar-refractivity contribution >= 4 is 17.9 Å². The highest BCUT2D eigenvalue weighted by Gasteiger charge is 2.49. The molecule has 0 aromatic heterocycles. The third-order valence-corrected chi connectivity index (χ3v) is 3.45. The maximum absolute atomic E-state index is 12.0. The number of carbonyl (C=O) groups excluding carboxylic acids is 3. The predicted molar refractivity (Wildman–Crippen MR) is 85.6 cm³/mol. The van der Waals surface area contributed by atoms with E-state index in [0.717, 1.165) is 13.8 Å². The molecule has 1 aromatic rings. The van der Waals surface area contributed by atoms with Crippen LogP contribution in [0.25, 0.3) is 10.4 Å². The van der Waals surface area contributed by atoms with E-state index < -0.39 is 42.4 Å². The highest BCUT2D eigenvalue weighted by molar-refractivity contribution is 5.89. The van der Waals surface area contributed by atoms with Gasteiger partial charge in [-0.2, -0.15) is 0 Å². The van der Waals surface area contributed by atoms with Crippen LogP contribution in [0.5, 0.6) is 0 Å². The van der Waals surface area contributed by atoms with Crippen LogP contribution >= 0.6 is 0 Å². The molecule has 0 N–H and O–H groups in total. The summed E-state index contributed by atoms with van der Waals surface area (Å²) in [6.07, 6.45) is -3.37. The van der Waals surface area contributed by atoms with Crippen molar-refractivity contribution in [1.82, 2.24) is 0 Å². The monoisotopic (exact) mass is 363 g/mol. The van der Waals surface area contributed by atoms with Crippen molar-refractivity contribution < 1.29 is 33.3 Å². The van der Waals surface area contributed by atoms with Gasteiger partial charge in [-0.25, -0.2) is 4.79 Å². The second-order valence-corrected chi connectivity index (χ2v) is 5.39. The van der Waals surface area contributed by atoms with Crippen LogP contribution in [0.1, 0.15) is 24.2 Å². The first kappa shape index (κ1) is 19.2. The lowest BCUT2D eigenvalue weighted by Gasteiger charge is -2.19. The first-order chi connectivity index (χ1) is 12.4. The van der Waals surface area contributed by atoms with E-state index in [4.69, 9.17) is 24.5 Å². The van der Waals surface area contributed by atoms with Gasteiger partial charge in [0.15, 0.2) is 6.10 Å². The van der Waals surface area contributed by atoms with Gasteiger partial charge in [-0.15, -0.1) is 0 Å². The molecule has 1 saturated heterocycles. The molecule has 26 heavy (non-hydrogen) atoms. The summed E-state index contributed by atoms with van der Waals surface area (Å²) in [6.45, 7) is 2.02. The van der Waals surface area contributed by atoms with Crippen molar-refractivity contribution in [1.29, 1.82) is 0 Å². The molecular formula is C16H17N3O7. The molecule has 138 valence electrons. The highest BCUT2D eigenvalue weighted by Crippen LogP contribution is 2.28. The third kappa shape index (κ3) is 4.95. The van der Waals surface area contributed by atoms with Crippen molar-refractivity contribution in [3.8, 4) is 0 Å². The fourth-order valence-corrected chi connectivity index (χ4v) is 2.43. The smallest absolute Gasteiger partial charge is 0.338 e. The highest BCUT2D eigenvalue weighted by atomic mass is 16.7. The van der Waals surface area contributed by atoms with E-state index in [1.54, 1.807) is 30.3 Å². The van der Waals surface area contributed by atoms with Crippen LogP contribution < -0.4 is 0 Å². The Balaban J connectivity index is 2.12. The van der Waals surface area contributed by atoms with E-state index in [9.17, 15) is 14.4 Å². The summed E-state index contributed by atoms with van der Waals surface area (Å²) in [4.78, 5) is 37.3. The second kappa shape index (κ2) is 8.84. The Morgan fingerprint density at radius 1 is 1.15 bits per heavy atom. The van der Waals surface area contributed by atoms with Crippen LogP contribution in [0.15, 0.2) is 35.4 Å². The van der Waals surface area contributed by atoms with E-state index in [1.165, 1.54) is 0 Å². The Morgan fingerprint density at radius 3 is 2.38 bits per heavy atom. The van der Waals surface area contributed by atoms with Crippen molar-refractivity contribution in [2.24, 2.45) is 5.11 Å². The van der Waals surface area contributed by atoms with Gasteiger partial charge in [0, 0.05) is 18.8 Å². The summed E-state index contributed by atoms with van der Waals surface area (Å²) in [7, 11) is 0. The minimum atomic E-state index is -1.27. The number of hydrogen-bond donors (Lipinski definition) is 0. The molecule has 10 nitrogen and oxygen atoms in total. The van der Waals surface area contributed by atoms with Crippen LogP contribution in [-0.4, -0.2) is 49.1 Å². The van der Waals surface area contributed by atoms with Gasteiger partial charge in [0.2, 0.25) is 6.29 Å². The summed E-state index contributed by atoms with van der Waals surface area (Å²) in [6, 6.07) is 7.23. The van der Waals surface area contributed by atoms with E-state index in [1.807, 2.05) is 0 Å². The lowest BCUT2D eigenvalue weighted by atomic mass is 10.1. The third-order valence-electron chi connectivity index (χ3n) is 3.45. The number of esters is 3. The van der Waals surface area contributed by atoms with Crippen molar-refractivity contribution in [2.75, 3.05) is 6.61 Å². The largest absolute Gasteiger partial charge is 0.459 e. The van der Waals surface area contributed by atoms with Gasteiger partial charge in [-0.05, 0) is 17.7 Å². The fourth-order valence-electron chi connectivity index (χ4n) is 2.43. The molecule has 1 fully saturated rings. The topological polar surface area (TPSA) is 137 Å². The SMILES string of the molecule is CC(=O)OC1OC(COC(=O)c2ccccc2)C(N=[N+]=[N-])C1OC(C)=O. The second-order valence-electron chi connectivity index (χ2n) is 5.39. The summed E-state index contributed by atoms with van der Waals surface area (Å²) >= 11 is 0. The van der Waals surface area contributed by atoms with E-state index in [0.29, 0.717) is 5.56 Å². The average Bonchev–Trinajstić information content (AvgIpc) is 2.89. The molecule has 2 rings (SSSR count). The zero-order valence-electron chi connectivity index (χ0n) is 14.1. The Hall–Kier alpha value is -3.10. The van der Waals surface area contributed by atoms with E-state index in [-0.39, 0.29) is 6.61 Å². The average molecular weight is 363 g/mol. The van der Waals surface area contributed by atoms with Gasteiger partial charge < -0.3 is 18.9 Å². The zero-order chi connectivity index (χ0) is 19.1. The van der Waals surface area contributed by atoms with E-state index in [2.05, 4.69) is 10.0 Å². The summed E-state index contributed by atoms with van der Waals surface area (Å²) < 4.78 is 20.7. The van der Waals surface area contributed by atoms with Gasteiger partial charge >= 0.3 is 17.9 Å². The lowest BCUT2D eigenvalue weighted by molar-refractivity contribution is -0.195. The first-order valence-corrected chi connectivity index (χ1v) is 7.68. The molecule has 1 aliphatic rings. The minimum Gasteiger partial charge on any atom is -0.459 e. The molecule has 10 heteroatoms. The van der Waals surface area contributed by atoms with Crippen molar-refractivity contribution in [3.63, 3.8) is 0 Å². The van der Waals surface area contributed by atoms with Gasteiger partial charge in [-0.1, -0.05) is 23.3 Å². The number of azide groups is 1. The normalized spacial score (nSPS) is 24.2. The molecule has 0 amide bonds. The molecule has 0 spiro atoms.